The molecule has 0 bridgehead atoms. The van der Waals surface area contributed by atoms with Crippen molar-refractivity contribution in [3.8, 4) is 11.5 Å². The van der Waals surface area contributed by atoms with Gasteiger partial charge in [-0.2, -0.15) is 0 Å². The first-order chi connectivity index (χ1) is 9.61. The van der Waals surface area contributed by atoms with E-state index in [4.69, 9.17) is 14.6 Å². The van der Waals surface area contributed by atoms with Crippen LogP contribution in [0.4, 0.5) is 0 Å². The molecule has 1 rings (SSSR count). The maximum absolute atomic E-state index is 12.3. The molecule has 2 N–H and O–H groups in total. The second kappa shape index (κ2) is 6.31. The van der Waals surface area contributed by atoms with Crippen LogP contribution in [0, 0.1) is 0 Å². The van der Waals surface area contributed by atoms with E-state index in [2.05, 4.69) is 4.72 Å². The first-order valence-electron chi connectivity index (χ1n) is 6.09. The average Bonchev–Trinajstić information content (AvgIpc) is 2.34. The van der Waals surface area contributed by atoms with E-state index in [0.717, 1.165) is 0 Å². The minimum atomic E-state index is -3.87. The molecule has 0 radical (unpaired) electrons. The Morgan fingerprint density at radius 1 is 1.24 bits per heavy atom. The number of hydrogen-bond acceptors (Lipinski definition) is 5. The van der Waals surface area contributed by atoms with Crippen LogP contribution >= 0.6 is 0 Å². The molecule has 0 saturated carbocycles. The highest BCUT2D eigenvalue weighted by Crippen LogP contribution is 2.29. The zero-order valence-electron chi connectivity index (χ0n) is 12.3. The molecule has 0 aliphatic rings. The number of carbonyl (C=O) groups is 1. The van der Waals surface area contributed by atoms with Crippen LogP contribution in [-0.4, -0.2) is 39.3 Å². The number of rotatable bonds is 7. The van der Waals surface area contributed by atoms with E-state index < -0.39 is 21.5 Å². The highest BCUT2D eigenvalue weighted by atomic mass is 32.2. The lowest BCUT2D eigenvalue weighted by molar-refractivity contribution is -0.138. The number of sulfonamides is 1. The summed E-state index contributed by atoms with van der Waals surface area (Å²) in [6.07, 6.45) is -0.334. The van der Waals surface area contributed by atoms with Gasteiger partial charge in [0.05, 0.1) is 25.5 Å². The molecule has 7 nitrogen and oxygen atoms in total. The maximum atomic E-state index is 12.3. The van der Waals surface area contributed by atoms with Crippen LogP contribution in [0.1, 0.15) is 20.3 Å². The number of hydrogen-bond donors (Lipinski definition) is 2. The number of methoxy groups -OCH3 is 2. The van der Waals surface area contributed by atoms with Crippen LogP contribution in [0.25, 0.3) is 0 Å². The number of benzene rings is 1. The molecule has 1 aromatic carbocycles. The Morgan fingerprint density at radius 3 is 2.29 bits per heavy atom. The third-order valence-electron chi connectivity index (χ3n) is 2.67. The largest absolute Gasteiger partial charge is 0.493 e. The molecule has 1 aromatic rings. The maximum Gasteiger partial charge on any atom is 0.305 e. The minimum absolute atomic E-state index is 0.0291. The van der Waals surface area contributed by atoms with E-state index in [1.54, 1.807) is 0 Å². The first-order valence-corrected chi connectivity index (χ1v) is 7.57. The van der Waals surface area contributed by atoms with E-state index in [1.165, 1.54) is 46.3 Å². The summed E-state index contributed by atoms with van der Waals surface area (Å²) in [5.74, 6) is -0.410. The number of nitrogens with one attached hydrogen (secondary N) is 1. The van der Waals surface area contributed by atoms with Gasteiger partial charge in [-0.05, 0) is 26.0 Å². The molecular weight excluding hydrogens is 298 g/mol. The molecule has 0 heterocycles. The van der Waals surface area contributed by atoms with E-state index >= 15 is 0 Å². The Hall–Kier alpha value is -1.80. The van der Waals surface area contributed by atoms with Gasteiger partial charge in [0.15, 0.2) is 11.5 Å². The molecule has 0 aromatic heterocycles. The van der Waals surface area contributed by atoms with Crippen LogP contribution in [0.5, 0.6) is 11.5 Å². The van der Waals surface area contributed by atoms with Crippen molar-refractivity contribution in [2.24, 2.45) is 0 Å². The minimum Gasteiger partial charge on any atom is -0.493 e. The van der Waals surface area contributed by atoms with Crippen LogP contribution in [0.3, 0.4) is 0 Å². The van der Waals surface area contributed by atoms with E-state index in [-0.39, 0.29) is 17.1 Å². The van der Waals surface area contributed by atoms with Crippen LogP contribution in [-0.2, 0) is 14.8 Å². The fourth-order valence-electron chi connectivity index (χ4n) is 1.82. The summed E-state index contributed by atoms with van der Waals surface area (Å²) in [5.41, 5.74) is -1.11. The van der Waals surface area contributed by atoms with Crippen molar-refractivity contribution >= 4 is 16.0 Å². The molecule has 0 saturated heterocycles. The van der Waals surface area contributed by atoms with Gasteiger partial charge in [0.1, 0.15) is 0 Å². The summed E-state index contributed by atoms with van der Waals surface area (Å²) in [4.78, 5) is 10.7. The van der Waals surface area contributed by atoms with Crippen LogP contribution < -0.4 is 14.2 Å². The van der Waals surface area contributed by atoms with Gasteiger partial charge in [0.25, 0.3) is 0 Å². The van der Waals surface area contributed by atoms with Crippen molar-refractivity contribution in [1.29, 1.82) is 0 Å². The monoisotopic (exact) mass is 317 g/mol. The van der Waals surface area contributed by atoms with Crippen molar-refractivity contribution in [2.45, 2.75) is 30.7 Å². The summed E-state index contributed by atoms with van der Waals surface area (Å²) in [7, 11) is -1.03. The van der Waals surface area contributed by atoms with Crippen molar-refractivity contribution in [3.63, 3.8) is 0 Å². The van der Waals surface area contributed by atoms with Gasteiger partial charge in [0, 0.05) is 11.6 Å². The molecule has 0 unspecified atom stereocenters. The highest BCUT2D eigenvalue weighted by Gasteiger charge is 2.29. The molecule has 0 aliphatic heterocycles. The predicted molar refractivity (Wildman–Crippen MR) is 76.2 cm³/mol. The standard InChI is InChI=1S/C13H19NO6S/c1-13(2,8-12(15)16)14-21(17,18)9-5-6-10(19-3)11(7-9)20-4/h5-7,14H,8H2,1-4H3,(H,15,16). The van der Waals surface area contributed by atoms with Gasteiger partial charge in [-0.15, -0.1) is 0 Å². The highest BCUT2D eigenvalue weighted by molar-refractivity contribution is 7.89. The topological polar surface area (TPSA) is 102 Å². The second-order valence-electron chi connectivity index (χ2n) is 5.08. The smallest absolute Gasteiger partial charge is 0.305 e. The van der Waals surface area contributed by atoms with Gasteiger partial charge >= 0.3 is 5.97 Å². The molecule has 118 valence electrons. The van der Waals surface area contributed by atoms with Crippen molar-refractivity contribution in [2.75, 3.05) is 14.2 Å². The number of ether oxygens (including phenoxy) is 2. The van der Waals surface area contributed by atoms with Crippen molar-refractivity contribution in [3.05, 3.63) is 18.2 Å². The zero-order valence-corrected chi connectivity index (χ0v) is 13.2. The average molecular weight is 317 g/mol. The third-order valence-corrected chi connectivity index (χ3v) is 4.36. The second-order valence-corrected chi connectivity index (χ2v) is 6.76. The van der Waals surface area contributed by atoms with Gasteiger partial charge in [-0.3, -0.25) is 4.79 Å². The summed E-state index contributed by atoms with van der Waals surface area (Å²) < 4.78 is 37.1. The molecule has 0 fully saturated rings. The lowest BCUT2D eigenvalue weighted by atomic mass is 10.0. The number of aliphatic carboxylic acids is 1. The van der Waals surface area contributed by atoms with E-state index in [1.807, 2.05) is 0 Å². The zero-order chi connectivity index (χ0) is 16.3. The Balaban J connectivity index is 3.11. The molecule has 0 atom stereocenters. The summed E-state index contributed by atoms with van der Waals surface area (Å²) in [5, 5.41) is 8.80. The Labute approximate surface area is 123 Å². The normalized spacial score (nSPS) is 12.0. The SMILES string of the molecule is COc1ccc(S(=O)(=O)NC(C)(C)CC(=O)O)cc1OC. The summed E-state index contributed by atoms with van der Waals surface area (Å²) in [6.45, 7) is 3.00. The molecule has 0 amide bonds. The van der Waals surface area contributed by atoms with Gasteiger partial charge < -0.3 is 14.6 Å². The molecule has 8 heteroatoms. The van der Waals surface area contributed by atoms with Gasteiger partial charge in [-0.25, -0.2) is 13.1 Å². The summed E-state index contributed by atoms with van der Waals surface area (Å²) in [6, 6.07) is 4.15. The lowest BCUT2D eigenvalue weighted by Crippen LogP contribution is -2.44. The Morgan fingerprint density at radius 2 is 1.81 bits per heavy atom. The molecular formula is C13H19NO6S. The molecule has 0 aliphatic carbocycles. The van der Waals surface area contributed by atoms with Gasteiger partial charge in [-0.1, -0.05) is 0 Å². The Kier molecular flexibility index (Phi) is 5.19. The quantitative estimate of drug-likeness (QED) is 0.784. The lowest BCUT2D eigenvalue weighted by Gasteiger charge is -2.24. The van der Waals surface area contributed by atoms with E-state index in [9.17, 15) is 13.2 Å². The molecule has 21 heavy (non-hydrogen) atoms. The first kappa shape index (κ1) is 17.3. The fraction of sp³-hybridized carbons (Fsp3) is 0.462. The predicted octanol–water partition coefficient (Wildman–Crippen LogP) is 1.24. The fourth-order valence-corrected chi connectivity index (χ4v) is 3.25. The van der Waals surface area contributed by atoms with Crippen molar-refractivity contribution in [1.82, 2.24) is 4.72 Å². The van der Waals surface area contributed by atoms with Crippen LogP contribution in [0.15, 0.2) is 23.1 Å². The Bertz CT molecular complexity index is 624. The third kappa shape index (κ3) is 4.61. The van der Waals surface area contributed by atoms with Crippen LogP contribution in [0.2, 0.25) is 0 Å². The summed E-state index contributed by atoms with van der Waals surface area (Å²) >= 11 is 0. The molecule has 0 spiro atoms. The van der Waals surface area contributed by atoms with Crippen molar-refractivity contribution < 1.29 is 27.8 Å². The van der Waals surface area contributed by atoms with E-state index in [0.29, 0.717) is 5.75 Å². The van der Waals surface area contributed by atoms with Gasteiger partial charge in [0.2, 0.25) is 10.0 Å². The number of carboxylic acids is 1. The number of carboxylic acid groups (broad SMARTS) is 1.